The topological polar surface area (TPSA) is 64.1 Å². The molecule has 0 aliphatic carbocycles. The molecule has 0 saturated heterocycles. The van der Waals surface area contributed by atoms with E-state index in [1.807, 2.05) is 6.07 Å². The molecule has 20 heavy (non-hydrogen) atoms. The zero-order chi connectivity index (χ0) is 13.7. The van der Waals surface area contributed by atoms with Gasteiger partial charge in [-0.15, -0.1) is 0 Å². The number of nitrogens with one attached hydrogen (secondary N) is 1. The molecule has 100 valence electrons. The summed E-state index contributed by atoms with van der Waals surface area (Å²) in [5, 5.41) is 8.17. The number of nitrogen functional groups attached to an aromatic ring is 1. The van der Waals surface area contributed by atoms with E-state index in [0.29, 0.717) is 5.82 Å². The lowest BCUT2D eigenvalue weighted by molar-refractivity contribution is 0.460. The first-order valence-corrected chi connectivity index (χ1v) is 6.75. The molecule has 3 aromatic rings. The highest BCUT2D eigenvalue weighted by atomic mass is 16.5. The second kappa shape index (κ2) is 4.00. The largest absolute Gasteiger partial charge is 0.384 e. The molecule has 0 fully saturated rings. The van der Waals surface area contributed by atoms with Crippen molar-refractivity contribution in [1.29, 1.82) is 0 Å². The van der Waals surface area contributed by atoms with Crippen LogP contribution in [0.15, 0.2) is 34.9 Å². The zero-order valence-corrected chi connectivity index (χ0v) is 11.2. The van der Waals surface area contributed by atoms with Crippen molar-refractivity contribution >= 4 is 22.5 Å². The van der Waals surface area contributed by atoms with Crippen molar-refractivity contribution in [3.63, 3.8) is 0 Å². The maximum Gasteiger partial charge on any atom is 0.175 e. The van der Waals surface area contributed by atoms with Gasteiger partial charge in [-0.25, -0.2) is 0 Å². The number of nitrogens with zero attached hydrogens (tertiary/aromatic N) is 1. The van der Waals surface area contributed by atoms with Gasteiger partial charge in [0, 0.05) is 12.2 Å². The van der Waals surface area contributed by atoms with Gasteiger partial charge >= 0.3 is 0 Å². The van der Waals surface area contributed by atoms with Crippen LogP contribution >= 0.6 is 0 Å². The highest BCUT2D eigenvalue weighted by Crippen LogP contribution is 2.36. The van der Waals surface area contributed by atoms with Crippen LogP contribution < -0.4 is 11.1 Å². The molecule has 2 heterocycles. The lowest BCUT2D eigenvalue weighted by Gasteiger charge is -2.07. The Balaban J connectivity index is 2.00. The van der Waals surface area contributed by atoms with Crippen LogP contribution in [0, 0.1) is 6.92 Å². The monoisotopic (exact) mass is 265 g/mol. The molecule has 0 amide bonds. The van der Waals surface area contributed by atoms with Crippen LogP contribution in [0.4, 0.5) is 11.5 Å². The smallest absolute Gasteiger partial charge is 0.175 e. The highest BCUT2D eigenvalue weighted by molar-refractivity contribution is 6.01. The van der Waals surface area contributed by atoms with Crippen LogP contribution in [0.25, 0.3) is 22.1 Å². The van der Waals surface area contributed by atoms with Gasteiger partial charge in [0.15, 0.2) is 11.4 Å². The van der Waals surface area contributed by atoms with E-state index in [1.54, 1.807) is 0 Å². The van der Waals surface area contributed by atoms with E-state index < -0.39 is 0 Å². The summed E-state index contributed by atoms with van der Waals surface area (Å²) in [6.07, 6.45) is 1.07. The highest BCUT2D eigenvalue weighted by Gasteiger charge is 2.15. The summed E-state index contributed by atoms with van der Waals surface area (Å²) in [4.78, 5) is 0. The second-order valence-corrected chi connectivity index (χ2v) is 5.30. The predicted octanol–water partition coefficient (Wildman–Crippen LogP) is 3.35. The van der Waals surface area contributed by atoms with Gasteiger partial charge < -0.3 is 15.6 Å². The molecule has 4 heteroatoms. The number of hydrogen-bond acceptors (Lipinski definition) is 4. The SMILES string of the molecule is Cc1cc(-c2ccc3c(c2)CCN3)c2c(N)noc2c1. The van der Waals surface area contributed by atoms with Crippen molar-refractivity contribution in [2.24, 2.45) is 0 Å². The fraction of sp³-hybridized carbons (Fsp3) is 0.188. The molecule has 3 N–H and O–H groups in total. The van der Waals surface area contributed by atoms with E-state index in [-0.39, 0.29) is 0 Å². The Kier molecular flexibility index (Phi) is 2.27. The van der Waals surface area contributed by atoms with Crippen molar-refractivity contribution in [3.8, 4) is 11.1 Å². The lowest BCUT2D eigenvalue weighted by Crippen LogP contribution is -1.90. The summed E-state index contributed by atoms with van der Waals surface area (Å²) in [5.74, 6) is 0.452. The van der Waals surface area contributed by atoms with Crippen molar-refractivity contribution in [2.45, 2.75) is 13.3 Å². The Morgan fingerprint density at radius 3 is 3.05 bits per heavy atom. The summed E-state index contributed by atoms with van der Waals surface area (Å²) >= 11 is 0. The standard InChI is InChI=1S/C16H15N3O/c1-9-6-12(15-14(7-9)20-19-16(15)17)10-2-3-13-11(8-10)4-5-18-13/h2-3,6-8,18H,4-5H2,1H3,(H2,17,19). The first-order valence-electron chi connectivity index (χ1n) is 6.75. The normalized spacial score (nSPS) is 13.4. The van der Waals surface area contributed by atoms with E-state index in [0.717, 1.165) is 40.6 Å². The Bertz CT molecular complexity index is 820. The van der Waals surface area contributed by atoms with Gasteiger partial charge in [-0.05, 0) is 53.8 Å². The van der Waals surface area contributed by atoms with Gasteiger partial charge in [-0.1, -0.05) is 17.3 Å². The van der Waals surface area contributed by atoms with E-state index in [4.69, 9.17) is 10.3 Å². The van der Waals surface area contributed by atoms with Gasteiger partial charge in [0.25, 0.3) is 0 Å². The second-order valence-electron chi connectivity index (χ2n) is 5.30. The fourth-order valence-electron chi connectivity index (χ4n) is 2.93. The number of aromatic nitrogens is 1. The van der Waals surface area contributed by atoms with Crippen LogP contribution in [0.2, 0.25) is 0 Å². The third-order valence-corrected chi connectivity index (χ3v) is 3.87. The number of fused-ring (bicyclic) bond motifs is 2. The molecular formula is C16H15N3O. The molecule has 0 spiro atoms. The third kappa shape index (κ3) is 1.58. The van der Waals surface area contributed by atoms with Gasteiger partial charge in [-0.2, -0.15) is 0 Å². The molecule has 0 bridgehead atoms. The summed E-state index contributed by atoms with van der Waals surface area (Å²) in [6.45, 7) is 3.06. The van der Waals surface area contributed by atoms with Crippen LogP contribution in [-0.2, 0) is 6.42 Å². The number of anilines is 2. The summed E-state index contributed by atoms with van der Waals surface area (Å²) in [5.41, 5.74) is 12.7. The first-order chi connectivity index (χ1) is 9.72. The summed E-state index contributed by atoms with van der Waals surface area (Å²) in [7, 11) is 0. The van der Waals surface area contributed by atoms with Gasteiger partial charge in [0.1, 0.15) is 0 Å². The zero-order valence-electron chi connectivity index (χ0n) is 11.2. The molecule has 1 aliphatic heterocycles. The van der Waals surface area contributed by atoms with Crippen LogP contribution in [-0.4, -0.2) is 11.7 Å². The lowest BCUT2D eigenvalue weighted by atomic mass is 9.97. The van der Waals surface area contributed by atoms with Gasteiger partial charge in [0.2, 0.25) is 0 Å². The Morgan fingerprint density at radius 2 is 2.15 bits per heavy atom. The van der Waals surface area contributed by atoms with E-state index in [2.05, 4.69) is 41.7 Å². The van der Waals surface area contributed by atoms with E-state index >= 15 is 0 Å². The minimum Gasteiger partial charge on any atom is -0.384 e. The Hall–Kier alpha value is -2.49. The van der Waals surface area contributed by atoms with Crippen molar-refractivity contribution in [2.75, 3.05) is 17.6 Å². The van der Waals surface area contributed by atoms with E-state index in [1.165, 1.54) is 11.3 Å². The summed E-state index contributed by atoms with van der Waals surface area (Å²) in [6, 6.07) is 10.6. The molecule has 1 aromatic heterocycles. The number of aryl methyl sites for hydroxylation is 1. The predicted molar refractivity (Wildman–Crippen MR) is 80.8 cm³/mol. The number of nitrogens with two attached hydrogens (primary N) is 1. The minimum atomic E-state index is 0.452. The number of hydrogen-bond donors (Lipinski definition) is 2. The molecule has 4 nitrogen and oxygen atoms in total. The molecule has 0 saturated carbocycles. The molecule has 0 radical (unpaired) electrons. The molecule has 0 unspecified atom stereocenters. The van der Waals surface area contributed by atoms with Crippen molar-refractivity contribution in [3.05, 3.63) is 41.5 Å². The molecule has 0 atom stereocenters. The molecular weight excluding hydrogens is 250 g/mol. The van der Waals surface area contributed by atoms with Crippen LogP contribution in [0.5, 0.6) is 0 Å². The van der Waals surface area contributed by atoms with Crippen LogP contribution in [0.3, 0.4) is 0 Å². The number of benzene rings is 2. The maximum absolute atomic E-state index is 5.96. The maximum atomic E-state index is 5.96. The van der Waals surface area contributed by atoms with Gasteiger partial charge in [-0.3, -0.25) is 0 Å². The van der Waals surface area contributed by atoms with Crippen molar-refractivity contribution in [1.82, 2.24) is 5.16 Å². The minimum absolute atomic E-state index is 0.452. The van der Waals surface area contributed by atoms with Gasteiger partial charge in [0.05, 0.1) is 5.39 Å². The first kappa shape index (κ1) is 11.3. The Morgan fingerprint density at radius 1 is 1.25 bits per heavy atom. The average molecular weight is 265 g/mol. The third-order valence-electron chi connectivity index (χ3n) is 3.87. The molecule has 4 rings (SSSR count). The summed E-state index contributed by atoms with van der Waals surface area (Å²) < 4.78 is 5.30. The molecule has 2 aromatic carbocycles. The number of rotatable bonds is 1. The quantitative estimate of drug-likeness (QED) is 0.708. The molecule has 1 aliphatic rings. The fourth-order valence-corrected chi connectivity index (χ4v) is 2.93. The van der Waals surface area contributed by atoms with Crippen LogP contribution in [0.1, 0.15) is 11.1 Å². The van der Waals surface area contributed by atoms with Crippen molar-refractivity contribution < 1.29 is 4.52 Å². The van der Waals surface area contributed by atoms with E-state index in [9.17, 15) is 0 Å². The average Bonchev–Trinajstić information content (AvgIpc) is 3.04. The Labute approximate surface area is 116 Å².